The Labute approximate surface area is 122 Å². The first kappa shape index (κ1) is 14.7. The van der Waals surface area contributed by atoms with Gasteiger partial charge in [0, 0.05) is 6.07 Å². The molecule has 108 valence electrons. The molecule has 0 unspecified atom stereocenters. The fraction of sp³-hybridized carbons (Fsp3) is 0. The molecule has 6 nitrogen and oxygen atoms in total. The Morgan fingerprint density at radius 2 is 2.05 bits per heavy atom. The van der Waals surface area contributed by atoms with E-state index in [0.717, 1.165) is 18.2 Å². The predicted octanol–water partition coefficient (Wildman–Crippen LogP) is 3.35. The van der Waals surface area contributed by atoms with Crippen LogP contribution in [0.3, 0.4) is 0 Å². The van der Waals surface area contributed by atoms with Crippen LogP contribution in [-0.4, -0.2) is 15.9 Å². The van der Waals surface area contributed by atoms with Gasteiger partial charge >= 0.3 is 0 Å². The minimum atomic E-state index is -0.932. The van der Waals surface area contributed by atoms with E-state index in [2.05, 4.69) is 5.32 Å². The minimum Gasteiger partial charge on any atom is -0.508 e. The number of hydrogen-bond donors (Lipinski definition) is 2. The molecule has 8 heteroatoms. The maximum atomic E-state index is 13.7. The Morgan fingerprint density at radius 1 is 1.33 bits per heavy atom. The molecule has 0 radical (unpaired) electrons. The Balaban J connectivity index is 2.39. The van der Waals surface area contributed by atoms with Crippen molar-refractivity contribution >= 4 is 28.9 Å². The van der Waals surface area contributed by atoms with E-state index in [1.807, 2.05) is 0 Å². The highest BCUT2D eigenvalue weighted by molar-refractivity contribution is 6.31. The smallest absolute Gasteiger partial charge is 0.282 e. The summed E-state index contributed by atoms with van der Waals surface area (Å²) in [6, 6.07) is 6.96. The standard InChI is InChI=1S/C13H8ClFN2O4/c14-9-2-1-3-10(12(9)15)16-13(19)8-6-7(18)4-5-11(8)17(20)21/h1-6,18H,(H,16,19). The number of aromatic hydroxyl groups is 1. The summed E-state index contributed by atoms with van der Waals surface area (Å²) in [6.07, 6.45) is 0. The SMILES string of the molecule is O=C(Nc1cccc(Cl)c1F)c1cc(O)ccc1[N+](=O)[O-]. The number of nitrogens with zero attached hydrogens (tertiary/aromatic N) is 1. The van der Waals surface area contributed by atoms with E-state index in [0.29, 0.717) is 0 Å². The summed E-state index contributed by atoms with van der Waals surface area (Å²) in [6.45, 7) is 0. The van der Waals surface area contributed by atoms with Crippen molar-refractivity contribution < 1.29 is 19.2 Å². The number of phenols is 1. The predicted molar refractivity (Wildman–Crippen MR) is 74.1 cm³/mol. The third-order valence-electron chi connectivity index (χ3n) is 2.62. The van der Waals surface area contributed by atoms with Crippen LogP contribution < -0.4 is 5.32 Å². The number of rotatable bonds is 3. The average molecular weight is 311 g/mol. The second-order valence-electron chi connectivity index (χ2n) is 4.01. The summed E-state index contributed by atoms with van der Waals surface area (Å²) in [5, 5.41) is 22.2. The number of anilines is 1. The van der Waals surface area contributed by atoms with Gasteiger partial charge in [-0.15, -0.1) is 0 Å². The Morgan fingerprint density at radius 3 is 2.71 bits per heavy atom. The van der Waals surface area contributed by atoms with Gasteiger partial charge < -0.3 is 10.4 Å². The van der Waals surface area contributed by atoms with Crippen LogP contribution in [0.25, 0.3) is 0 Å². The van der Waals surface area contributed by atoms with Crippen LogP contribution in [0, 0.1) is 15.9 Å². The number of halogens is 2. The second kappa shape index (κ2) is 5.76. The van der Waals surface area contributed by atoms with Gasteiger partial charge in [0.1, 0.15) is 11.3 Å². The monoisotopic (exact) mass is 310 g/mol. The van der Waals surface area contributed by atoms with E-state index in [4.69, 9.17) is 11.6 Å². The van der Waals surface area contributed by atoms with Crippen LogP contribution >= 0.6 is 11.6 Å². The highest BCUT2D eigenvalue weighted by Gasteiger charge is 2.22. The maximum absolute atomic E-state index is 13.7. The molecule has 2 rings (SSSR count). The molecule has 0 aliphatic heterocycles. The van der Waals surface area contributed by atoms with Crippen LogP contribution in [0.4, 0.5) is 15.8 Å². The summed E-state index contributed by atoms with van der Waals surface area (Å²) in [7, 11) is 0. The lowest BCUT2D eigenvalue weighted by molar-refractivity contribution is -0.385. The van der Waals surface area contributed by atoms with E-state index < -0.39 is 22.3 Å². The summed E-state index contributed by atoms with van der Waals surface area (Å²) in [5.74, 6) is -2.11. The summed E-state index contributed by atoms with van der Waals surface area (Å²) >= 11 is 5.58. The third kappa shape index (κ3) is 3.09. The number of phenolic OH excluding ortho intramolecular Hbond substituents is 1. The Kier molecular flexibility index (Phi) is 4.04. The topological polar surface area (TPSA) is 92.5 Å². The fourth-order valence-corrected chi connectivity index (χ4v) is 1.83. The first-order chi connectivity index (χ1) is 9.90. The number of nitro benzene ring substituents is 1. The number of benzene rings is 2. The maximum Gasteiger partial charge on any atom is 0.282 e. The number of carbonyl (C=O) groups is 1. The number of amides is 1. The molecule has 0 saturated heterocycles. The molecule has 0 atom stereocenters. The largest absolute Gasteiger partial charge is 0.508 e. The quantitative estimate of drug-likeness (QED) is 0.671. The lowest BCUT2D eigenvalue weighted by atomic mass is 10.1. The van der Waals surface area contributed by atoms with Crippen molar-refractivity contribution in [3.8, 4) is 5.75 Å². The molecule has 1 amide bonds. The molecule has 2 aromatic rings. The average Bonchev–Trinajstić information content (AvgIpc) is 2.43. The molecule has 0 fully saturated rings. The van der Waals surface area contributed by atoms with Gasteiger partial charge in [-0.1, -0.05) is 17.7 Å². The van der Waals surface area contributed by atoms with Crippen molar-refractivity contribution in [2.24, 2.45) is 0 Å². The van der Waals surface area contributed by atoms with Gasteiger partial charge in [0.05, 0.1) is 15.6 Å². The fourth-order valence-electron chi connectivity index (χ4n) is 1.66. The number of nitrogens with one attached hydrogen (secondary N) is 1. The minimum absolute atomic E-state index is 0.196. The van der Waals surface area contributed by atoms with Crippen LogP contribution in [0.2, 0.25) is 5.02 Å². The molecule has 2 aromatic carbocycles. The number of nitro groups is 1. The van der Waals surface area contributed by atoms with E-state index in [1.54, 1.807) is 0 Å². The Hall–Kier alpha value is -2.67. The zero-order chi connectivity index (χ0) is 15.6. The van der Waals surface area contributed by atoms with E-state index in [-0.39, 0.29) is 22.0 Å². The van der Waals surface area contributed by atoms with Crippen molar-refractivity contribution in [3.05, 3.63) is 62.9 Å². The molecular weight excluding hydrogens is 303 g/mol. The van der Waals surface area contributed by atoms with Gasteiger partial charge in [-0.3, -0.25) is 14.9 Å². The van der Waals surface area contributed by atoms with Crippen molar-refractivity contribution in [3.63, 3.8) is 0 Å². The normalized spacial score (nSPS) is 10.2. The van der Waals surface area contributed by atoms with Crippen molar-refractivity contribution in [2.45, 2.75) is 0 Å². The van der Waals surface area contributed by atoms with Crippen LogP contribution in [0.15, 0.2) is 36.4 Å². The van der Waals surface area contributed by atoms with Crippen LogP contribution in [-0.2, 0) is 0 Å². The van der Waals surface area contributed by atoms with E-state index in [1.165, 1.54) is 18.2 Å². The molecule has 0 saturated carbocycles. The highest BCUT2D eigenvalue weighted by atomic mass is 35.5. The summed E-state index contributed by atoms with van der Waals surface area (Å²) < 4.78 is 13.7. The van der Waals surface area contributed by atoms with Gasteiger partial charge in [-0.05, 0) is 24.3 Å². The van der Waals surface area contributed by atoms with E-state index >= 15 is 0 Å². The highest BCUT2D eigenvalue weighted by Crippen LogP contribution is 2.26. The molecular formula is C13H8ClFN2O4. The second-order valence-corrected chi connectivity index (χ2v) is 4.42. The van der Waals surface area contributed by atoms with Crippen LogP contribution in [0.1, 0.15) is 10.4 Å². The molecule has 0 aliphatic carbocycles. The van der Waals surface area contributed by atoms with Crippen molar-refractivity contribution in [1.29, 1.82) is 0 Å². The number of hydrogen-bond acceptors (Lipinski definition) is 4. The first-order valence-corrected chi connectivity index (χ1v) is 6.00. The molecule has 0 aromatic heterocycles. The summed E-state index contributed by atoms with van der Waals surface area (Å²) in [5.41, 5.74) is -1.11. The zero-order valence-electron chi connectivity index (χ0n) is 10.3. The van der Waals surface area contributed by atoms with Gasteiger partial charge in [0.2, 0.25) is 0 Å². The van der Waals surface area contributed by atoms with Crippen molar-refractivity contribution in [2.75, 3.05) is 5.32 Å². The molecule has 2 N–H and O–H groups in total. The Bertz CT molecular complexity index is 736. The lowest BCUT2D eigenvalue weighted by Crippen LogP contribution is -2.15. The van der Waals surface area contributed by atoms with Crippen LogP contribution in [0.5, 0.6) is 5.75 Å². The third-order valence-corrected chi connectivity index (χ3v) is 2.91. The molecule has 0 aliphatic rings. The van der Waals surface area contributed by atoms with Gasteiger partial charge in [0.25, 0.3) is 11.6 Å². The lowest BCUT2D eigenvalue weighted by Gasteiger charge is -2.08. The van der Waals surface area contributed by atoms with Crippen molar-refractivity contribution in [1.82, 2.24) is 0 Å². The zero-order valence-corrected chi connectivity index (χ0v) is 11.1. The molecule has 21 heavy (non-hydrogen) atoms. The summed E-state index contributed by atoms with van der Waals surface area (Å²) in [4.78, 5) is 22.1. The first-order valence-electron chi connectivity index (χ1n) is 5.63. The van der Waals surface area contributed by atoms with Gasteiger partial charge in [-0.25, -0.2) is 4.39 Å². The molecule has 0 spiro atoms. The van der Waals surface area contributed by atoms with Gasteiger partial charge in [-0.2, -0.15) is 0 Å². The van der Waals surface area contributed by atoms with Gasteiger partial charge in [0.15, 0.2) is 5.82 Å². The van der Waals surface area contributed by atoms with E-state index in [9.17, 15) is 24.4 Å². The molecule has 0 heterocycles. The number of carbonyl (C=O) groups excluding carboxylic acids is 1. The molecule has 0 bridgehead atoms.